The van der Waals surface area contributed by atoms with Gasteiger partial charge < -0.3 is 10.1 Å². The Morgan fingerprint density at radius 2 is 2.11 bits per heavy atom. The number of carbonyl (C=O) groups is 1. The van der Waals surface area contributed by atoms with E-state index in [4.69, 9.17) is 4.74 Å². The van der Waals surface area contributed by atoms with Crippen molar-refractivity contribution >= 4 is 5.78 Å². The lowest BCUT2D eigenvalue weighted by Gasteiger charge is -2.26. The van der Waals surface area contributed by atoms with Gasteiger partial charge in [-0.25, -0.2) is 4.68 Å². The first kappa shape index (κ1) is 11.9. The van der Waals surface area contributed by atoms with Crippen LogP contribution in [0.2, 0.25) is 0 Å². The van der Waals surface area contributed by atoms with Crippen LogP contribution in [0, 0.1) is 0 Å². The Labute approximate surface area is 110 Å². The van der Waals surface area contributed by atoms with Crippen molar-refractivity contribution in [2.75, 3.05) is 20.2 Å². The van der Waals surface area contributed by atoms with Crippen LogP contribution in [-0.4, -0.2) is 41.0 Å². The molecule has 6 heteroatoms. The number of ether oxygens (including phenoxy) is 1. The normalized spacial score (nSPS) is 15.0. The summed E-state index contributed by atoms with van der Waals surface area (Å²) in [5.41, 5.74) is 0.955. The quantitative estimate of drug-likeness (QED) is 0.816. The summed E-state index contributed by atoms with van der Waals surface area (Å²) in [6.07, 6.45) is 1.71. The summed E-state index contributed by atoms with van der Waals surface area (Å²) < 4.78 is 6.81. The number of benzene rings is 1. The third kappa shape index (κ3) is 2.22. The molecule has 2 aromatic rings. The fourth-order valence-corrected chi connectivity index (χ4v) is 1.91. The molecule has 0 unspecified atom stereocenters. The number of nitrogens with zero attached hydrogens (tertiary/aromatic N) is 3. The van der Waals surface area contributed by atoms with E-state index in [1.54, 1.807) is 42.3 Å². The fourth-order valence-electron chi connectivity index (χ4n) is 1.91. The molecule has 1 aromatic carbocycles. The van der Waals surface area contributed by atoms with Crippen molar-refractivity contribution in [2.45, 2.75) is 6.04 Å². The lowest BCUT2D eigenvalue weighted by molar-refractivity contribution is 0.103. The average Bonchev–Trinajstić information content (AvgIpc) is 2.85. The first-order chi connectivity index (χ1) is 9.28. The SMILES string of the molecule is COc1ccc(C(=O)c2cn(C3CNC3)nn2)cc1. The first-order valence-electron chi connectivity index (χ1n) is 6.09. The molecule has 3 rings (SSSR count). The third-order valence-corrected chi connectivity index (χ3v) is 3.23. The van der Waals surface area contributed by atoms with Crippen molar-refractivity contribution in [3.05, 3.63) is 41.7 Å². The molecule has 0 aliphatic carbocycles. The van der Waals surface area contributed by atoms with Gasteiger partial charge in [-0.05, 0) is 24.3 Å². The number of hydrogen-bond donors (Lipinski definition) is 1. The molecule has 2 heterocycles. The molecular formula is C13H14N4O2. The number of hydrogen-bond acceptors (Lipinski definition) is 5. The second kappa shape index (κ2) is 4.81. The Hall–Kier alpha value is -2.21. The van der Waals surface area contributed by atoms with Crippen molar-refractivity contribution in [1.29, 1.82) is 0 Å². The lowest BCUT2D eigenvalue weighted by Crippen LogP contribution is -2.43. The largest absolute Gasteiger partial charge is 0.497 e. The van der Waals surface area contributed by atoms with Gasteiger partial charge in [-0.2, -0.15) is 0 Å². The maximum absolute atomic E-state index is 12.2. The van der Waals surface area contributed by atoms with Gasteiger partial charge in [0.2, 0.25) is 5.78 Å². The monoisotopic (exact) mass is 258 g/mol. The number of ketones is 1. The topological polar surface area (TPSA) is 69.0 Å². The minimum atomic E-state index is -0.124. The zero-order chi connectivity index (χ0) is 13.2. The van der Waals surface area contributed by atoms with Crippen LogP contribution in [0.3, 0.4) is 0 Å². The van der Waals surface area contributed by atoms with Crippen LogP contribution in [-0.2, 0) is 0 Å². The molecule has 19 heavy (non-hydrogen) atoms. The molecule has 0 amide bonds. The molecular weight excluding hydrogens is 244 g/mol. The Morgan fingerprint density at radius 3 is 2.68 bits per heavy atom. The Balaban J connectivity index is 1.80. The van der Waals surface area contributed by atoms with Crippen LogP contribution in [0.25, 0.3) is 0 Å². The van der Waals surface area contributed by atoms with E-state index in [2.05, 4.69) is 15.6 Å². The molecule has 0 bridgehead atoms. The van der Waals surface area contributed by atoms with Gasteiger partial charge >= 0.3 is 0 Å². The predicted octanol–water partition coefficient (Wildman–Crippen LogP) is 0.662. The van der Waals surface area contributed by atoms with Crippen LogP contribution in [0.15, 0.2) is 30.5 Å². The van der Waals surface area contributed by atoms with Crippen LogP contribution < -0.4 is 10.1 Å². The average molecular weight is 258 g/mol. The van der Waals surface area contributed by atoms with E-state index in [-0.39, 0.29) is 5.78 Å². The molecule has 6 nitrogen and oxygen atoms in total. The minimum Gasteiger partial charge on any atom is -0.497 e. The summed E-state index contributed by atoms with van der Waals surface area (Å²) in [6, 6.07) is 7.28. The zero-order valence-electron chi connectivity index (χ0n) is 10.5. The number of nitrogens with one attached hydrogen (secondary N) is 1. The Morgan fingerprint density at radius 1 is 1.37 bits per heavy atom. The molecule has 0 radical (unpaired) electrons. The third-order valence-electron chi connectivity index (χ3n) is 3.23. The lowest BCUT2D eigenvalue weighted by atomic mass is 10.1. The number of rotatable bonds is 4. The Kier molecular flexibility index (Phi) is 3.00. The molecule has 1 saturated heterocycles. The molecule has 1 aromatic heterocycles. The molecule has 98 valence electrons. The Bertz CT molecular complexity index is 587. The van der Waals surface area contributed by atoms with Gasteiger partial charge in [0.1, 0.15) is 5.75 Å². The van der Waals surface area contributed by atoms with Crippen molar-refractivity contribution in [3.8, 4) is 5.75 Å². The summed E-state index contributed by atoms with van der Waals surface area (Å²) in [6.45, 7) is 1.75. The van der Waals surface area contributed by atoms with Crippen LogP contribution in [0.1, 0.15) is 22.1 Å². The number of carbonyl (C=O) groups excluding carboxylic acids is 1. The highest BCUT2D eigenvalue weighted by Gasteiger charge is 2.22. The van der Waals surface area contributed by atoms with Gasteiger partial charge in [0.05, 0.1) is 19.3 Å². The highest BCUT2D eigenvalue weighted by atomic mass is 16.5. The van der Waals surface area contributed by atoms with Gasteiger partial charge in [0, 0.05) is 18.7 Å². The van der Waals surface area contributed by atoms with E-state index in [0.29, 0.717) is 17.3 Å². The summed E-state index contributed by atoms with van der Waals surface area (Å²) in [5, 5.41) is 11.1. The second-order valence-corrected chi connectivity index (χ2v) is 4.45. The van der Waals surface area contributed by atoms with E-state index in [1.807, 2.05) is 0 Å². The standard InChI is InChI=1S/C13H14N4O2/c1-19-11-4-2-9(3-5-11)13(18)12-8-17(16-15-12)10-6-14-7-10/h2-5,8,10,14H,6-7H2,1H3. The summed E-state index contributed by atoms with van der Waals surface area (Å²) in [7, 11) is 1.59. The second-order valence-electron chi connectivity index (χ2n) is 4.45. The minimum absolute atomic E-state index is 0.124. The van der Waals surface area contributed by atoms with Gasteiger partial charge in [-0.15, -0.1) is 5.10 Å². The van der Waals surface area contributed by atoms with E-state index >= 15 is 0 Å². The summed E-state index contributed by atoms with van der Waals surface area (Å²) >= 11 is 0. The van der Waals surface area contributed by atoms with E-state index in [0.717, 1.165) is 18.8 Å². The highest BCUT2D eigenvalue weighted by molar-refractivity contribution is 6.07. The summed E-state index contributed by atoms with van der Waals surface area (Å²) in [4.78, 5) is 12.2. The van der Waals surface area contributed by atoms with Crippen LogP contribution >= 0.6 is 0 Å². The van der Waals surface area contributed by atoms with Crippen LogP contribution in [0.5, 0.6) is 5.75 Å². The maximum atomic E-state index is 12.2. The maximum Gasteiger partial charge on any atom is 0.214 e. The smallest absolute Gasteiger partial charge is 0.214 e. The number of methoxy groups -OCH3 is 1. The molecule has 1 aliphatic heterocycles. The van der Waals surface area contributed by atoms with Crippen LogP contribution in [0.4, 0.5) is 0 Å². The van der Waals surface area contributed by atoms with Crippen molar-refractivity contribution < 1.29 is 9.53 Å². The van der Waals surface area contributed by atoms with E-state index in [1.165, 1.54) is 0 Å². The zero-order valence-corrected chi connectivity index (χ0v) is 10.5. The highest BCUT2D eigenvalue weighted by Crippen LogP contribution is 2.15. The first-order valence-corrected chi connectivity index (χ1v) is 6.09. The van der Waals surface area contributed by atoms with Gasteiger partial charge in [0.25, 0.3) is 0 Å². The molecule has 0 saturated carbocycles. The van der Waals surface area contributed by atoms with Crippen molar-refractivity contribution in [3.63, 3.8) is 0 Å². The molecule has 1 aliphatic rings. The van der Waals surface area contributed by atoms with Crippen molar-refractivity contribution in [1.82, 2.24) is 20.3 Å². The summed E-state index contributed by atoms with van der Waals surface area (Å²) in [5.74, 6) is 0.599. The molecule has 0 atom stereocenters. The predicted molar refractivity (Wildman–Crippen MR) is 68.4 cm³/mol. The van der Waals surface area contributed by atoms with Gasteiger partial charge in [-0.1, -0.05) is 5.21 Å². The van der Waals surface area contributed by atoms with Crippen molar-refractivity contribution in [2.24, 2.45) is 0 Å². The molecule has 1 fully saturated rings. The molecule has 1 N–H and O–H groups in total. The van der Waals surface area contributed by atoms with Gasteiger partial charge in [-0.3, -0.25) is 4.79 Å². The van der Waals surface area contributed by atoms with Gasteiger partial charge in [0.15, 0.2) is 5.69 Å². The van der Waals surface area contributed by atoms with E-state index < -0.39 is 0 Å². The number of aromatic nitrogens is 3. The molecule has 0 spiro atoms. The fraction of sp³-hybridized carbons (Fsp3) is 0.308. The van der Waals surface area contributed by atoms with E-state index in [9.17, 15) is 4.79 Å².